The zero-order chi connectivity index (χ0) is 19.6. The second-order valence-electron chi connectivity index (χ2n) is 7.89. The molecule has 0 unspecified atom stereocenters. The van der Waals surface area contributed by atoms with E-state index in [9.17, 15) is 19.8 Å². The van der Waals surface area contributed by atoms with Crippen LogP contribution in [-0.4, -0.2) is 68.7 Å². The number of carbonyl (C=O) groups is 2. The van der Waals surface area contributed by atoms with Crippen LogP contribution in [0.1, 0.15) is 31.1 Å². The van der Waals surface area contributed by atoms with E-state index in [0.29, 0.717) is 0 Å². The third-order valence-corrected chi connectivity index (χ3v) is 7.32. The number of carboxylic acids is 1. The maximum Gasteiger partial charge on any atom is 0.352 e. The van der Waals surface area contributed by atoms with Gasteiger partial charge in [0.05, 0.1) is 18.1 Å². The predicted octanol–water partition coefficient (Wildman–Crippen LogP) is 3.26. The van der Waals surface area contributed by atoms with Crippen molar-refractivity contribution in [2.45, 2.75) is 38.3 Å². The summed E-state index contributed by atoms with van der Waals surface area (Å²) in [6.45, 7) is 1.62. The number of nitrogens with zero attached hydrogens (tertiary/aromatic N) is 1. The second-order valence-corrected chi connectivity index (χ2v) is 9.00. The number of allylic oxidation sites excluding steroid dienone is 1. The number of aliphatic hydroxyl groups excluding tert-OH is 1. The first kappa shape index (κ1) is 20.8. The van der Waals surface area contributed by atoms with Crippen LogP contribution in [0.4, 0.5) is 0 Å². The minimum atomic E-state index is -1.05. The Bertz CT molecular complexity index is 1040. The van der Waals surface area contributed by atoms with Gasteiger partial charge in [-0.3, -0.25) is 4.79 Å². The molecule has 4 atom stereocenters. The number of carboxylic acid groups (broad SMARTS) is 1. The van der Waals surface area contributed by atoms with Crippen molar-refractivity contribution < 1.29 is 19.8 Å². The van der Waals surface area contributed by atoms with E-state index in [1.165, 1.54) is 15.0 Å². The molecule has 0 bridgehead atoms. The number of aliphatic carboxylic acids is 1. The van der Waals surface area contributed by atoms with E-state index in [1.807, 2.05) is 12.1 Å². The topological polar surface area (TPSA) is 77.8 Å². The number of aliphatic hydroxyl groups is 1. The summed E-state index contributed by atoms with van der Waals surface area (Å²) < 4.78 is 1.20. The first-order chi connectivity index (χ1) is 13.5. The number of hydrogen-bond acceptors (Lipinski definition) is 4. The van der Waals surface area contributed by atoms with Crippen LogP contribution in [0.2, 0.25) is 0 Å². The van der Waals surface area contributed by atoms with Crippen molar-refractivity contribution in [3.8, 4) is 0 Å². The zero-order valence-corrected chi connectivity index (χ0v) is 19.3. The van der Waals surface area contributed by atoms with Gasteiger partial charge >= 0.3 is 5.97 Å². The summed E-state index contributed by atoms with van der Waals surface area (Å²) in [6, 6.07) is 10.1. The Balaban J connectivity index is 0.00000205. The smallest absolute Gasteiger partial charge is 0.352 e. The van der Waals surface area contributed by atoms with E-state index in [1.54, 1.807) is 18.3 Å². The van der Waals surface area contributed by atoms with Gasteiger partial charge in [0.25, 0.3) is 0 Å². The number of carbonyl (C=O) groups excluding carboxylic acids is 1. The Morgan fingerprint density at radius 1 is 1.34 bits per heavy atom. The number of benzene rings is 1. The molecule has 2 aromatic rings. The molecule has 1 amide bonds. The normalized spacial score (nSPS) is 28.1. The summed E-state index contributed by atoms with van der Waals surface area (Å²) in [5, 5.41) is 21.1. The minimum absolute atomic E-state index is 0. The van der Waals surface area contributed by atoms with E-state index < -0.39 is 18.0 Å². The average Bonchev–Trinajstić information content (AvgIpc) is 3.18. The van der Waals surface area contributed by atoms with Gasteiger partial charge in [0, 0.05) is 45.1 Å². The molecular weight excluding hydrogens is 397 g/mol. The van der Waals surface area contributed by atoms with E-state index in [2.05, 4.69) is 24.3 Å². The Morgan fingerprint density at radius 2 is 2.10 bits per heavy atom. The van der Waals surface area contributed by atoms with Gasteiger partial charge < -0.3 is 15.1 Å². The molecule has 0 spiro atoms. The first-order valence-corrected chi connectivity index (χ1v) is 10.5. The number of hydrogen-bond donors (Lipinski definition) is 2. The van der Waals surface area contributed by atoms with Gasteiger partial charge in [0.15, 0.2) is 0 Å². The minimum Gasteiger partial charge on any atom is -0.477 e. The first-order valence-electron chi connectivity index (χ1n) is 9.65. The van der Waals surface area contributed by atoms with E-state index in [0.717, 1.165) is 35.3 Å². The Kier molecular flexibility index (Phi) is 5.51. The number of fused-ring (bicyclic) bond motifs is 4. The van der Waals surface area contributed by atoms with Gasteiger partial charge in [-0.1, -0.05) is 18.2 Å². The van der Waals surface area contributed by atoms with Crippen molar-refractivity contribution in [2.75, 3.05) is 0 Å². The standard InChI is InChI=1S/C22H21NO4S.Na/c1-11(24)17-19-15-7-4-6-13(18(15)20(22(26)27)23(19)21(17)25)10-14-9-12-5-2-3-8-16(12)28-14;/h2-3,5,8-11,15,17,19,24H,4,6-7H2,1H3,(H,26,27);/b13-10+;/t11-,15+,17-,19-;/m1./s1. The van der Waals surface area contributed by atoms with E-state index in [4.69, 9.17) is 0 Å². The second kappa shape index (κ2) is 7.67. The van der Waals surface area contributed by atoms with Gasteiger partial charge in [-0.25, -0.2) is 4.79 Å². The van der Waals surface area contributed by atoms with E-state index >= 15 is 0 Å². The third-order valence-electron chi connectivity index (χ3n) is 6.26. The van der Waals surface area contributed by atoms with Crippen molar-refractivity contribution in [1.82, 2.24) is 4.90 Å². The van der Waals surface area contributed by atoms with Crippen LogP contribution in [0.15, 0.2) is 47.2 Å². The van der Waals surface area contributed by atoms with Crippen molar-refractivity contribution in [3.05, 3.63) is 52.1 Å². The molecule has 1 aliphatic carbocycles. The molecule has 3 aliphatic rings. The fourth-order valence-corrected chi connectivity index (χ4v) is 6.19. The van der Waals surface area contributed by atoms with Crippen LogP contribution in [0, 0.1) is 11.8 Å². The fraction of sp³-hybridized carbons (Fsp3) is 0.364. The molecule has 2 fully saturated rings. The monoisotopic (exact) mass is 418 g/mol. The van der Waals surface area contributed by atoms with Gasteiger partial charge in [0.1, 0.15) is 5.70 Å². The average molecular weight is 418 g/mol. The summed E-state index contributed by atoms with van der Waals surface area (Å²) in [5.74, 6) is -1.82. The van der Waals surface area contributed by atoms with Gasteiger partial charge in [-0.15, -0.1) is 11.3 Å². The Labute approximate surface area is 195 Å². The number of rotatable bonds is 3. The predicted molar refractivity (Wildman–Crippen MR) is 113 cm³/mol. The van der Waals surface area contributed by atoms with Gasteiger partial charge in [-0.2, -0.15) is 0 Å². The summed E-state index contributed by atoms with van der Waals surface area (Å²) in [7, 11) is 0. The van der Waals surface area contributed by atoms with Gasteiger partial charge in [-0.05, 0) is 60.9 Å². The number of amides is 1. The molecule has 1 saturated heterocycles. The third kappa shape index (κ3) is 3.13. The van der Waals surface area contributed by atoms with Crippen LogP contribution in [0.25, 0.3) is 16.2 Å². The Hall–Kier alpha value is -1.44. The zero-order valence-electron chi connectivity index (χ0n) is 16.5. The molecule has 29 heavy (non-hydrogen) atoms. The molecule has 145 valence electrons. The van der Waals surface area contributed by atoms with Crippen molar-refractivity contribution in [1.29, 1.82) is 0 Å². The van der Waals surface area contributed by atoms with Crippen molar-refractivity contribution >= 4 is 68.9 Å². The Morgan fingerprint density at radius 3 is 2.79 bits per heavy atom. The molecule has 2 N–H and O–H groups in total. The molecule has 1 aromatic carbocycles. The summed E-state index contributed by atoms with van der Waals surface area (Å²) in [6.07, 6.45) is 3.96. The molecule has 2 aliphatic heterocycles. The van der Waals surface area contributed by atoms with Crippen molar-refractivity contribution in [2.24, 2.45) is 11.8 Å². The largest absolute Gasteiger partial charge is 0.477 e. The molecule has 1 aromatic heterocycles. The SMILES string of the molecule is C[C@@H](O)[C@H]1C(=O)N2C(C(=O)O)=C3/C(=C/c4cc5ccccc5s4)CCC[C@@H]3[C@H]12.[Na]. The summed E-state index contributed by atoms with van der Waals surface area (Å²) >= 11 is 1.69. The fourth-order valence-electron chi connectivity index (χ4n) is 5.16. The van der Waals surface area contributed by atoms with Crippen LogP contribution < -0.4 is 0 Å². The maximum absolute atomic E-state index is 12.6. The molecule has 1 saturated carbocycles. The summed E-state index contributed by atoms with van der Waals surface area (Å²) in [4.78, 5) is 27.2. The van der Waals surface area contributed by atoms with Gasteiger partial charge in [0.2, 0.25) is 5.91 Å². The van der Waals surface area contributed by atoms with Crippen LogP contribution in [0.3, 0.4) is 0 Å². The number of thiophene rings is 1. The van der Waals surface area contributed by atoms with Crippen LogP contribution in [0.5, 0.6) is 0 Å². The summed E-state index contributed by atoms with van der Waals surface area (Å²) in [5.41, 5.74) is 1.95. The molecule has 1 radical (unpaired) electrons. The quantitative estimate of drug-likeness (QED) is 0.593. The molecule has 5 nitrogen and oxygen atoms in total. The number of β-lactam (4-membered cyclic amide) rings is 1. The molecular formula is C22H21NNaO4S. The molecule has 5 rings (SSSR count). The van der Waals surface area contributed by atoms with Crippen LogP contribution >= 0.6 is 11.3 Å². The van der Waals surface area contributed by atoms with E-state index in [-0.39, 0.29) is 53.1 Å². The maximum atomic E-state index is 12.6. The molecule has 7 heteroatoms. The molecule has 3 heterocycles. The van der Waals surface area contributed by atoms with Crippen molar-refractivity contribution in [3.63, 3.8) is 0 Å². The van der Waals surface area contributed by atoms with Crippen LogP contribution in [-0.2, 0) is 9.59 Å².